The molecule has 0 spiro atoms. The van der Waals surface area contributed by atoms with Crippen molar-refractivity contribution in [2.45, 2.75) is 16.6 Å². The molecule has 0 saturated heterocycles. The molecule has 0 bridgehead atoms. The van der Waals surface area contributed by atoms with E-state index in [-0.39, 0.29) is 17.9 Å². The lowest BCUT2D eigenvalue weighted by atomic mass is 10.3. The van der Waals surface area contributed by atoms with E-state index in [0.29, 0.717) is 5.02 Å². The van der Waals surface area contributed by atoms with E-state index in [1.807, 2.05) is 0 Å². The van der Waals surface area contributed by atoms with Gasteiger partial charge in [-0.3, -0.25) is 4.79 Å². The van der Waals surface area contributed by atoms with Crippen molar-refractivity contribution < 1.29 is 18.3 Å². The van der Waals surface area contributed by atoms with Gasteiger partial charge >= 0.3 is 5.97 Å². The van der Waals surface area contributed by atoms with Crippen LogP contribution in [0.5, 0.6) is 0 Å². The van der Waals surface area contributed by atoms with E-state index in [1.54, 1.807) is 0 Å². The summed E-state index contributed by atoms with van der Waals surface area (Å²) in [6, 6.07) is 5.36. The van der Waals surface area contributed by atoms with Gasteiger partial charge in [0.15, 0.2) is 15.1 Å². The zero-order valence-electron chi connectivity index (χ0n) is 8.84. The van der Waals surface area contributed by atoms with Crippen molar-refractivity contribution in [3.05, 3.63) is 29.3 Å². The molecule has 0 aliphatic rings. The Balaban J connectivity index is 3.16. The SMILES string of the molecule is NCCC(C(=O)O)S(=O)(=O)c1ccc(Cl)cc1. The number of carboxylic acids is 1. The van der Waals surface area contributed by atoms with Gasteiger partial charge in [-0.15, -0.1) is 0 Å². The maximum absolute atomic E-state index is 12.0. The number of hydrogen-bond acceptors (Lipinski definition) is 4. The molecule has 1 rings (SSSR count). The van der Waals surface area contributed by atoms with Crippen LogP contribution in [0.2, 0.25) is 5.02 Å². The Hall–Kier alpha value is -1.11. The Morgan fingerprint density at radius 2 is 1.88 bits per heavy atom. The van der Waals surface area contributed by atoms with E-state index in [0.717, 1.165) is 0 Å². The summed E-state index contributed by atoms with van der Waals surface area (Å²) < 4.78 is 24.0. The number of sulfone groups is 1. The summed E-state index contributed by atoms with van der Waals surface area (Å²) in [5, 5.41) is 7.76. The van der Waals surface area contributed by atoms with E-state index in [2.05, 4.69) is 0 Å². The van der Waals surface area contributed by atoms with Crippen molar-refractivity contribution >= 4 is 27.4 Å². The Morgan fingerprint density at radius 3 is 2.29 bits per heavy atom. The number of halogens is 1. The summed E-state index contributed by atoms with van der Waals surface area (Å²) in [6.07, 6.45) is -0.125. The maximum Gasteiger partial charge on any atom is 0.322 e. The quantitative estimate of drug-likeness (QED) is 0.834. The molecule has 94 valence electrons. The largest absolute Gasteiger partial charge is 0.480 e. The van der Waals surface area contributed by atoms with Gasteiger partial charge in [-0.2, -0.15) is 0 Å². The smallest absolute Gasteiger partial charge is 0.322 e. The molecule has 0 aliphatic heterocycles. The molecule has 1 aromatic rings. The summed E-state index contributed by atoms with van der Waals surface area (Å²) in [5.74, 6) is -1.40. The van der Waals surface area contributed by atoms with Crippen molar-refractivity contribution in [1.82, 2.24) is 0 Å². The molecule has 0 heterocycles. The molecule has 3 N–H and O–H groups in total. The van der Waals surface area contributed by atoms with Gasteiger partial charge in [0.05, 0.1) is 4.90 Å². The Kier molecular flexibility index (Phi) is 4.50. The number of nitrogens with two attached hydrogens (primary N) is 1. The minimum Gasteiger partial charge on any atom is -0.480 e. The Bertz CT molecular complexity index is 498. The fraction of sp³-hybridized carbons (Fsp3) is 0.300. The molecule has 0 saturated carbocycles. The predicted octanol–water partition coefficient (Wildman–Crippen LogP) is 0.916. The molecular formula is C10H12ClNO4S. The van der Waals surface area contributed by atoms with E-state index < -0.39 is 21.1 Å². The molecule has 0 aromatic heterocycles. The molecule has 1 unspecified atom stereocenters. The van der Waals surface area contributed by atoms with Crippen molar-refractivity contribution in [3.63, 3.8) is 0 Å². The number of benzene rings is 1. The zero-order valence-corrected chi connectivity index (χ0v) is 10.4. The van der Waals surface area contributed by atoms with Gasteiger partial charge in [0.25, 0.3) is 0 Å². The second-order valence-electron chi connectivity index (χ2n) is 3.40. The van der Waals surface area contributed by atoms with Crippen molar-refractivity contribution in [2.75, 3.05) is 6.54 Å². The van der Waals surface area contributed by atoms with Gasteiger partial charge in [-0.1, -0.05) is 11.6 Å². The Labute approximate surface area is 104 Å². The second-order valence-corrected chi connectivity index (χ2v) is 5.97. The average molecular weight is 278 g/mol. The number of rotatable bonds is 5. The van der Waals surface area contributed by atoms with E-state index in [9.17, 15) is 13.2 Å². The van der Waals surface area contributed by atoms with Crippen LogP contribution in [0, 0.1) is 0 Å². The van der Waals surface area contributed by atoms with Crippen LogP contribution in [0.3, 0.4) is 0 Å². The van der Waals surface area contributed by atoms with Crippen LogP contribution in [-0.4, -0.2) is 31.3 Å². The fourth-order valence-electron chi connectivity index (χ4n) is 1.35. The number of carbonyl (C=O) groups is 1. The summed E-state index contributed by atoms with van der Waals surface area (Å²) in [7, 11) is -3.92. The molecule has 0 aliphatic carbocycles. The van der Waals surface area contributed by atoms with Crippen LogP contribution >= 0.6 is 11.6 Å². The number of carboxylic acid groups (broad SMARTS) is 1. The van der Waals surface area contributed by atoms with E-state index in [4.69, 9.17) is 22.4 Å². The van der Waals surface area contributed by atoms with Gasteiger partial charge in [0.2, 0.25) is 0 Å². The highest BCUT2D eigenvalue weighted by molar-refractivity contribution is 7.92. The van der Waals surface area contributed by atoms with Crippen LogP contribution in [0.15, 0.2) is 29.2 Å². The lowest BCUT2D eigenvalue weighted by molar-refractivity contribution is -0.136. The van der Waals surface area contributed by atoms with Crippen LogP contribution in [0.25, 0.3) is 0 Å². The topological polar surface area (TPSA) is 97.5 Å². The third-order valence-corrected chi connectivity index (χ3v) is 4.59. The average Bonchev–Trinajstić information content (AvgIpc) is 2.25. The molecule has 0 fully saturated rings. The molecule has 0 radical (unpaired) electrons. The minimum atomic E-state index is -3.92. The zero-order chi connectivity index (χ0) is 13.1. The van der Waals surface area contributed by atoms with Crippen LogP contribution in [0.1, 0.15) is 6.42 Å². The van der Waals surface area contributed by atoms with Crippen LogP contribution < -0.4 is 5.73 Å². The van der Waals surface area contributed by atoms with Crippen LogP contribution in [0.4, 0.5) is 0 Å². The highest BCUT2D eigenvalue weighted by atomic mass is 35.5. The van der Waals surface area contributed by atoms with Crippen molar-refractivity contribution in [3.8, 4) is 0 Å². The fourth-order valence-corrected chi connectivity index (χ4v) is 3.03. The first kappa shape index (κ1) is 14.0. The summed E-state index contributed by atoms with van der Waals surface area (Å²) in [4.78, 5) is 10.8. The minimum absolute atomic E-state index is 0.0101. The van der Waals surface area contributed by atoms with Gasteiger partial charge in [-0.25, -0.2) is 8.42 Å². The molecule has 0 amide bonds. The lowest BCUT2D eigenvalue weighted by Gasteiger charge is -2.12. The van der Waals surface area contributed by atoms with E-state index in [1.165, 1.54) is 24.3 Å². The summed E-state index contributed by atoms with van der Waals surface area (Å²) in [6.45, 7) is -0.0101. The van der Waals surface area contributed by atoms with Crippen molar-refractivity contribution in [2.24, 2.45) is 5.73 Å². The first-order valence-corrected chi connectivity index (χ1v) is 6.74. The first-order valence-electron chi connectivity index (χ1n) is 4.82. The molecule has 1 atom stereocenters. The Morgan fingerprint density at radius 1 is 1.35 bits per heavy atom. The molecule has 17 heavy (non-hydrogen) atoms. The first-order chi connectivity index (χ1) is 7.89. The van der Waals surface area contributed by atoms with Gasteiger partial charge < -0.3 is 10.8 Å². The normalized spacial score (nSPS) is 13.3. The second kappa shape index (κ2) is 5.48. The highest BCUT2D eigenvalue weighted by Gasteiger charge is 2.33. The van der Waals surface area contributed by atoms with Gasteiger partial charge in [0.1, 0.15) is 0 Å². The molecular weight excluding hydrogens is 266 g/mol. The number of hydrogen-bond donors (Lipinski definition) is 2. The third kappa shape index (κ3) is 3.18. The number of aliphatic carboxylic acids is 1. The molecule has 1 aromatic carbocycles. The van der Waals surface area contributed by atoms with Gasteiger partial charge in [-0.05, 0) is 37.2 Å². The summed E-state index contributed by atoms with van der Waals surface area (Å²) >= 11 is 5.63. The molecule has 7 heteroatoms. The summed E-state index contributed by atoms with van der Waals surface area (Å²) in [5.41, 5.74) is 5.22. The maximum atomic E-state index is 12.0. The molecule has 5 nitrogen and oxygen atoms in total. The lowest BCUT2D eigenvalue weighted by Crippen LogP contribution is -2.32. The van der Waals surface area contributed by atoms with E-state index >= 15 is 0 Å². The van der Waals surface area contributed by atoms with Gasteiger partial charge in [0, 0.05) is 5.02 Å². The standard InChI is InChI=1S/C10H12ClNO4S/c11-7-1-3-8(4-2-7)17(15,16)9(5-6-12)10(13)14/h1-4,9H,5-6,12H2,(H,13,14). The monoisotopic (exact) mass is 277 g/mol. The third-order valence-electron chi connectivity index (χ3n) is 2.22. The van der Waals surface area contributed by atoms with Crippen molar-refractivity contribution in [1.29, 1.82) is 0 Å². The predicted molar refractivity (Wildman–Crippen MR) is 63.7 cm³/mol. The highest BCUT2D eigenvalue weighted by Crippen LogP contribution is 2.20. The van der Waals surface area contributed by atoms with Crippen LogP contribution in [-0.2, 0) is 14.6 Å².